The van der Waals surface area contributed by atoms with E-state index >= 15 is 0 Å². The molecular formula is C21H18ClNO. The predicted octanol–water partition coefficient (Wildman–Crippen LogP) is 5.95. The van der Waals surface area contributed by atoms with Crippen LogP contribution in [-0.2, 0) is 12.8 Å². The third-order valence-electron chi connectivity index (χ3n) is 4.92. The van der Waals surface area contributed by atoms with Gasteiger partial charge in [-0.15, -0.1) is 12.4 Å². The van der Waals surface area contributed by atoms with Crippen LogP contribution < -0.4 is 0 Å². The Labute approximate surface area is 146 Å². The molecule has 4 aromatic rings. The van der Waals surface area contributed by atoms with E-state index in [0.717, 1.165) is 24.1 Å². The Morgan fingerprint density at radius 1 is 0.875 bits per heavy atom. The fourth-order valence-corrected chi connectivity index (χ4v) is 3.89. The number of pyridine rings is 1. The summed E-state index contributed by atoms with van der Waals surface area (Å²) in [4.78, 5) is 4.99. The number of benzene rings is 2. The summed E-state index contributed by atoms with van der Waals surface area (Å²) in [6.07, 6.45) is 6.40. The lowest BCUT2D eigenvalue weighted by Gasteiger charge is -2.20. The molecule has 0 atom stereocenters. The van der Waals surface area contributed by atoms with E-state index in [4.69, 9.17) is 9.40 Å². The highest BCUT2D eigenvalue weighted by Crippen LogP contribution is 2.39. The van der Waals surface area contributed by atoms with Crippen LogP contribution in [0.1, 0.15) is 24.1 Å². The van der Waals surface area contributed by atoms with Crippen LogP contribution in [0.4, 0.5) is 0 Å². The minimum atomic E-state index is 0. The standard InChI is InChI=1S/C21H17NO.ClH/c1-2-7-15-14(6-1)11-12-18-20(15)21(19-10-5-13-23-19)16-8-3-4-9-17(16)22-18;/h1-2,5-7,10-13H,3-4,8-9H2;1H. The molecule has 120 valence electrons. The van der Waals surface area contributed by atoms with Gasteiger partial charge in [0.1, 0.15) is 5.76 Å². The van der Waals surface area contributed by atoms with Crippen LogP contribution in [0.15, 0.2) is 59.2 Å². The smallest absolute Gasteiger partial charge is 0.134 e. The van der Waals surface area contributed by atoms with Crippen molar-refractivity contribution in [1.82, 2.24) is 4.98 Å². The summed E-state index contributed by atoms with van der Waals surface area (Å²) < 4.78 is 5.81. The first kappa shape index (κ1) is 15.2. The van der Waals surface area contributed by atoms with Gasteiger partial charge in [0, 0.05) is 16.6 Å². The van der Waals surface area contributed by atoms with Crippen molar-refractivity contribution in [3.63, 3.8) is 0 Å². The second kappa shape index (κ2) is 5.95. The van der Waals surface area contributed by atoms with E-state index in [0.29, 0.717) is 0 Å². The SMILES string of the molecule is Cl.c1coc(-c2c3c(nc4ccc5ccccc5c24)CCCC3)c1. The van der Waals surface area contributed by atoms with E-state index in [-0.39, 0.29) is 12.4 Å². The molecule has 3 heteroatoms. The summed E-state index contributed by atoms with van der Waals surface area (Å²) >= 11 is 0. The van der Waals surface area contributed by atoms with Crippen molar-refractivity contribution in [2.75, 3.05) is 0 Å². The minimum Gasteiger partial charge on any atom is -0.464 e. The monoisotopic (exact) mass is 335 g/mol. The van der Waals surface area contributed by atoms with Crippen molar-refractivity contribution in [3.05, 3.63) is 66.1 Å². The van der Waals surface area contributed by atoms with Gasteiger partial charge in [-0.1, -0.05) is 30.3 Å². The maximum absolute atomic E-state index is 5.81. The number of nitrogens with zero attached hydrogens (tertiary/aromatic N) is 1. The summed E-state index contributed by atoms with van der Waals surface area (Å²) in [7, 11) is 0. The van der Waals surface area contributed by atoms with Gasteiger partial charge in [-0.25, -0.2) is 0 Å². The second-order valence-corrected chi connectivity index (χ2v) is 6.28. The van der Waals surface area contributed by atoms with E-state index in [1.54, 1.807) is 6.26 Å². The number of hydrogen-bond donors (Lipinski definition) is 0. The zero-order valence-electron chi connectivity index (χ0n) is 13.3. The van der Waals surface area contributed by atoms with Gasteiger partial charge in [-0.05, 0) is 60.2 Å². The maximum atomic E-state index is 5.81. The third-order valence-corrected chi connectivity index (χ3v) is 4.92. The zero-order chi connectivity index (χ0) is 15.2. The van der Waals surface area contributed by atoms with Gasteiger partial charge >= 0.3 is 0 Å². The Kier molecular flexibility index (Phi) is 3.78. The number of rotatable bonds is 1. The fourth-order valence-electron chi connectivity index (χ4n) is 3.89. The Morgan fingerprint density at radius 3 is 2.62 bits per heavy atom. The minimum absolute atomic E-state index is 0. The van der Waals surface area contributed by atoms with Crippen LogP contribution >= 0.6 is 12.4 Å². The summed E-state index contributed by atoms with van der Waals surface area (Å²) in [5, 5.41) is 3.75. The molecule has 0 unspecified atom stereocenters. The molecule has 24 heavy (non-hydrogen) atoms. The van der Waals surface area contributed by atoms with Gasteiger partial charge < -0.3 is 4.42 Å². The number of furan rings is 1. The van der Waals surface area contributed by atoms with Crippen LogP contribution in [0.2, 0.25) is 0 Å². The number of hydrogen-bond acceptors (Lipinski definition) is 2. The first-order valence-electron chi connectivity index (χ1n) is 8.29. The van der Waals surface area contributed by atoms with E-state index in [2.05, 4.69) is 42.5 Å². The molecule has 0 aliphatic heterocycles. The van der Waals surface area contributed by atoms with Gasteiger partial charge in [0.25, 0.3) is 0 Å². The average Bonchev–Trinajstić information content (AvgIpc) is 3.14. The number of aromatic nitrogens is 1. The van der Waals surface area contributed by atoms with Crippen molar-refractivity contribution in [1.29, 1.82) is 0 Å². The molecule has 2 aromatic carbocycles. The normalized spacial score (nSPS) is 13.7. The highest BCUT2D eigenvalue weighted by molar-refractivity contribution is 6.13. The van der Waals surface area contributed by atoms with Crippen molar-refractivity contribution in [3.8, 4) is 11.3 Å². The fraction of sp³-hybridized carbons (Fsp3) is 0.190. The van der Waals surface area contributed by atoms with Crippen molar-refractivity contribution in [2.24, 2.45) is 0 Å². The first-order chi connectivity index (χ1) is 11.4. The van der Waals surface area contributed by atoms with Crippen LogP contribution in [0.5, 0.6) is 0 Å². The molecule has 0 N–H and O–H groups in total. The molecule has 2 aromatic heterocycles. The van der Waals surface area contributed by atoms with Crippen molar-refractivity contribution >= 4 is 34.1 Å². The quantitative estimate of drug-likeness (QED) is 0.402. The van der Waals surface area contributed by atoms with E-state index in [1.165, 1.54) is 45.8 Å². The van der Waals surface area contributed by atoms with E-state index < -0.39 is 0 Å². The summed E-state index contributed by atoms with van der Waals surface area (Å²) in [6.45, 7) is 0. The lowest BCUT2D eigenvalue weighted by atomic mass is 9.87. The van der Waals surface area contributed by atoms with Gasteiger partial charge in [0.2, 0.25) is 0 Å². The number of aryl methyl sites for hydroxylation is 1. The van der Waals surface area contributed by atoms with Gasteiger partial charge in [0.15, 0.2) is 0 Å². The topological polar surface area (TPSA) is 26.0 Å². The third kappa shape index (κ3) is 2.22. The van der Waals surface area contributed by atoms with E-state index in [9.17, 15) is 0 Å². The predicted molar refractivity (Wildman–Crippen MR) is 101 cm³/mol. The summed E-state index contributed by atoms with van der Waals surface area (Å²) in [5.41, 5.74) is 4.97. The maximum Gasteiger partial charge on any atom is 0.134 e. The summed E-state index contributed by atoms with van der Waals surface area (Å²) in [5.74, 6) is 0.965. The molecule has 1 aliphatic rings. The molecule has 0 fully saturated rings. The zero-order valence-corrected chi connectivity index (χ0v) is 14.1. The molecular weight excluding hydrogens is 318 g/mol. The highest BCUT2D eigenvalue weighted by Gasteiger charge is 2.21. The Balaban J connectivity index is 0.00000146. The van der Waals surface area contributed by atoms with Crippen LogP contribution in [0.25, 0.3) is 33.0 Å². The number of halogens is 1. The van der Waals surface area contributed by atoms with Crippen LogP contribution in [0, 0.1) is 0 Å². The highest BCUT2D eigenvalue weighted by atomic mass is 35.5. The van der Waals surface area contributed by atoms with Gasteiger partial charge in [0.05, 0.1) is 11.8 Å². The molecule has 2 nitrogen and oxygen atoms in total. The van der Waals surface area contributed by atoms with Crippen molar-refractivity contribution in [2.45, 2.75) is 25.7 Å². The largest absolute Gasteiger partial charge is 0.464 e. The van der Waals surface area contributed by atoms with Gasteiger partial charge in [-0.2, -0.15) is 0 Å². The Morgan fingerprint density at radius 2 is 1.75 bits per heavy atom. The average molecular weight is 336 g/mol. The molecule has 0 bridgehead atoms. The Bertz CT molecular complexity index is 1020. The Hall–Kier alpha value is -2.32. The molecule has 0 saturated carbocycles. The number of fused-ring (bicyclic) bond motifs is 4. The molecule has 0 spiro atoms. The summed E-state index contributed by atoms with van der Waals surface area (Å²) in [6, 6.07) is 16.9. The van der Waals surface area contributed by atoms with Crippen molar-refractivity contribution < 1.29 is 4.42 Å². The molecule has 0 amide bonds. The molecule has 0 saturated heterocycles. The molecule has 5 rings (SSSR count). The van der Waals surface area contributed by atoms with Crippen LogP contribution in [0.3, 0.4) is 0 Å². The van der Waals surface area contributed by atoms with E-state index in [1.807, 2.05) is 6.07 Å². The molecule has 2 heterocycles. The van der Waals surface area contributed by atoms with Crippen LogP contribution in [-0.4, -0.2) is 4.98 Å². The molecule has 1 aliphatic carbocycles. The first-order valence-corrected chi connectivity index (χ1v) is 8.29. The van der Waals surface area contributed by atoms with Gasteiger partial charge in [-0.3, -0.25) is 4.98 Å². The molecule has 0 radical (unpaired) electrons. The second-order valence-electron chi connectivity index (χ2n) is 6.28. The lowest BCUT2D eigenvalue weighted by molar-refractivity contribution is 0.580. The lowest BCUT2D eigenvalue weighted by Crippen LogP contribution is -2.08.